The lowest BCUT2D eigenvalue weighted by Crippen LogP contribution is -2.42. The van der Waals surface area contributed by atoms with Gasteiger partial charge in [0.1, 0.15) is 5.75 Å². The number of nitrogens with one attached hydrogen (secondary N) is 3. The Balaban J connectivity index is 1.43. The Bertz CT molecular complexity index is 632. The highest BCUT2D eigenvalue weighted by molar-refractivity contribution is 5.89. The molecule has 1 aromatic carbocycles. The summed E-state index contributed by atoms with van der Waals surface area (Å²) in [7, 11) is 0. The van der Waals surface area contributed by atoms with Crippen LogP contribution >= 0.6 is 0 Å². The van der Waals surface area contributed by atoms with Crippen molar-refractivity contribution in [2.24, 2.45) is 17.8 Å². The van der Waals surface area contributed by atoms with Crippen molar-refractivity contribution in [2.45, 2.75) is 45.6 Å². The predicted octanol–water partition coefficient (Wildman–Crippen LogP) is 3.15. The van der Waals surface area contributed by atoms with Gasteiger partial charge in [-0.25, -0.2) is 4.79 Å². The fourth-order valence-electron chi connectivity index (χ4n) is 4.42. The smallest absolute Gasteiger partial charge is 0.319 e. The number of urea groups is 1. The molecule has 2 fully saturated rings. The van der Waals surface area contributed by atoms with E-state index in [4.69, 9.17) is 4.74 Å². The molecule has 142 valence electrons. The summed E-state index contributed by atoms with van der Waals surface area (Å²) in [6.07, 6.45) is 5.29. The molecule has 6 nitrogen and oxygen atoms in total. The number of amides is 3. The zero-order chi connectivity index (χ0) is 18.5. The van der Waals surface area contributed by atoms with Gasteiger partial charge in [-0.2, -0.15) is 0 Å². The molecule has 2 aliphatic rings. The highest BCUT2D eigenvalue weighted by atomic mass is 16.5. The third kappa shape index (κ3) is 4.68. The summed E-state index contributed by atoms with van der Waals surface area (Å²) < 4.78 is 5.40. The number of hydrogen-bond donors (Lipinski definition) is 3. The molecular formula is C20H29N3O3. The third-order valence-corrected chi connectivity index (χ3v) is 5.65. The molecule has 0 spiro atoms. The fraction of sp³-hybridized carbons (Fsp3) is 0.600. The molecular weight excluding hydrogens is 330 g/mol. The van der Waals surface area contributed by atoms with Crippen LogP contribution in [0.5, 0.6) is 5.75 Å². The van der Waals surface area contributed by atoms with Crippen LogP contribution in [0, 0.1) is 17.8 Å². The van der Waals surface area contributed by atoms with Crippen molar-refractivity contribution in [3.05, 3.63) is 24.3 Å². The number of fused-ring (bicyclic) bond motifs is 2. The largest absolute Gasteiger partial charge is 0.484 e. The minimum absolute atomic E-state index is 0.0117. The molecule has 3 rings (SSSR count). The molecule has 4 atom stereocenters. The van der Waals surface area contributed by atoms with E-state index in [1.807, 2.05) is 6.92 Å². The maximum atomic E-state index is 12.3. The van der Waals surface area contributed by atoms with Crippen LogP contribution in [0.4, 0.5) is 10.5 Å². The molecule has 2 aliphatic carbocycles. The predicted molar refractivity (Wildman–Crippen MR) is 101 cm³/mol. The molecule has 0 radical (unpaired) electrons. The van der Waals surface area contributed by atoms with Crippen molar-refractivity contribution in [2.75, 3.05) is 18.5 Å². The van der Waals surface area contributed by atoms with Crippen LogP contribution < -0.4 is 20.7 Å². The summed E-state index contributed by atoms with van der Waals surface area (Å²) >= 11 is 0. The second-order valence-corrected chi connectivity index (χ2v) is 7.49. The van der Waals surface area contributed by atoms with Crippen molar-refractivity contribution < 1.29 is 14.3 Å². The highest BCUT2D eigenvalue weighted by Crippen LogP contribution is 2.49. The van der Waals surface area contributed by atoms with Crippen LogP contribution in [-0.2, 0) is 4.79 Å². The Morgan fingerprint density at radius 3 is 2.58 bits per heavy atom. The highest BCUT2D eigenvalue weighted by Gasteiger charge is 2.42. The van der Waals surface area contributed by atoms with Gasteiger partial charge in [-0.05, 0) is 75.1 Å². The number of carbonyl (C=O) groups is 2. The van der Waals surface area contributed by atoms with E-state index >= 15 is 0 Å². The van der Waals surface area contributed by atoms with Crippen molar-refractivity contribution >= 4 is 17.6 Å². The van der Waals surface area contributed by atoms with Gasteiger partial charge in [0, 0.05) is 18.3 Å². The zero-order valence-corrected chi connectivity index (χ0v) is 15.6. The first kappa shape index (κ1) is 18.5. The van der Waals surface area contributed by atoms with Gasteiger partial charge >= 0.3 is 6.03 Å². The van der Waals surface area contributed by atoms with E-state index < -0.39 is 0 Å². The third-order valence-electron chi connectivity index (χ3n) is 5.65. The number of hydrogen-bond acceptors (Lipinski definition) is 3. The van der Waals surface area contributed by atoms with Gasteiger partial charge in [-0.1, -0.05) is 6.42 Å². The molecule has 2 saturated carbocycles. The molecule has 1 aromatic rings. The minimum atomic E-state index is -0.170. The topological polar surface area (TPSA) is 79.5 Å². The average Bonchev–Trinajstić information content (AvgIpc) is 3.24. The van der Waals surface area contributed by atoms with Gasteiger partial charge in [0.2, 0.25) is 0 Å². The molecule has 6 heteroatoms. The molecule has 0 saturated heterocycles. The van der Waals surface area contributed by atoms with Gasteiger partial charge in [-0.3, -0.25) is 4.79 Å². The molecule has 3 amide bonds. The summed E-state index contributed by atoms with van der Waals surface area (Å²) in [6.45, 7) is 4.55. The molecule has 0 aromatic heterocycles. The molecule has 0 heterocycles. The first-order valence-corrected chi connectivity index (χ1v) is 9.62. The summed E-state index contributed by atoms with van der Waals surface area (Å²) in [5, 5.41) is 8.63. The van der Waals surface area contributed by atoms with Crippen LogP contribution in [-0.4, -0.2) is 31.1 Å². The summed E-state index contributed by atoms with van der Waals surface area (Å²) in [5.41, 5.74) is 0.702. The number of benzene rings is 1. The summed E-state index contributed by atoms with van der Waals surface area (Å²) in [4.78, 5) is 23.6. The molecule has 4 unspecified atom stereocenters. The van der Waals surface area contributed by atoms with Gasteiger partial charge in [0.15, 0.2) is 6.61 Å². The first-order valence-electron chi connectivity index (χ1n) is 9.62. The van der Waals surface area contributed by atoms with Crippen molar-refractivity contribution in [1.82, 2.24) is 10.6 Å². The Kier molecular flexibility index (Phi) is 6.01. The van der Waals surface area contributed by atoms with E-state index in [1.54, 1.807) is 24.3 Å². The van der Waals surface area contributed by atoms with Gasteiger partial charge in [0.05, 0.1) is 0 Å². The number of ether oxygens (including phenoxy) is 1. The minimum Gasteiger partial charge on any atom is -0.484 e. The number of anilines is 1. The van der Waals surface area contributed by atoms with Gasteiger partial charge in [-0.15, -0.1) is 0 Å². The molecule has 0 aliphatic heterocycles. The SMILES string of the molecule is CCNC(=O)COc1ccc(NC(=O)NC(C)C2CC3CCC2C3)cc1. The lowest BCUT2D eigenvalue weighted by molar-refractivity contribution is -0.122. The second kappa shape index (κ2) is 8.43. The maximum Gasteiger partial charge on any atom is 0.319 e. The Hall–Kier alpha value is -2.24. The number of carbonyl (C=O) groups excluding carboxylic acids is 2. The van der Waals surface area contributed by atoms with Crippen molar-refractivity contribution in [3.63, 3.8) is 0 Å². The average molecular weight is 359 g/mol. The van der Waals surface area contributed by atoms with E-state index in [9.17, 15) is 9.59 Å². The van der Waals surface area contributed by atoms with Crippen LogP contribution in [0.25, 0.3) is 0 Å². The van der Waals surface area contributed by atoms with E-state index in [2.05, 4.69) is 22.9 Å². The standard InChI is InChI=1S/C20H29N3O3/c1-3-21-19(24)12-26-17-8-6-16(7-9-17)23-20(25)22-13(2)18-11-14-4-5-15(18)10-14/h6-9,13-15,18H,3-5,10-12H2,1-2H3,(H,21,24)(H2,22,23,25). The van der Waals surface area contributed by atoms with Gasteiger partial charge < -0.3 is 20.7 Å². The van der Waals surface area contributed by atoms with E-state index in [1.165, 1.54) is 25.7 Å². The summed E-state index contributed by atoms with van der Waals surface area (Å²) in [6, 6.07) is 7.06. The lowest BCUT2D eigenvalue weighted by Gasteiger charge is -2.28. The van der Waals surface area contributed by atoms with E-state index in [0.717, 1.165) is 11.8 Å². The van der Waals surface area contributed by atoms with Crippen LogP contribution in [0.3, 0.4) is 0 Å². The fourth-order valence-corrected chi connectivity index (χ4v) is 4.42. The Labute approximate surface area is 155 Å². The lowest BCUT2D eigenvalue weighted by atomic mass is 9.84. The van der Waals surface area contributed by atoms with Gasteiger partial charge in [0.25, 0.3) is 5.91 Å². The normalized spacial score (nSPS) is 24.8. The van der Waals surface area contributed by atoms with Crippen molar-refractivity contribution in [1.29, 1.82) is 0 Å². The first-order chi connectivity index (χ1) is 12.5. The van der Waals surface area contributed by atoms with Crippen LogP contribution in [0.2, 0.25) is 0 Å². The number of rotatable bonds is 7. The quantitative estimate of drug-likeness (QED) is 0.700. The zero-order valence-electron chi connectivity index (χ0n) is 15.6. The molecule has 2 bridgehead atoms. The number of likely N-dealkylation sites (N-methyl/N-ethyl adjacent to an activating group) is 1. The van der Waals surface area contributed by atoms with Crippen LogP contribution in [0.1, 0.15) is 39.5 Å². The monoisotopic (exact) mass is 359 g/mol. The van der Waals surface area contributed by atoms with E-state index in [0.29, 0.717) is 23.9 Å². The second-order valence-electron chi connectivity index (χ2n) is 7.49. The summed E-state index contributed by atoms with van der Waals surface area (Å²) in [5.74, 6) is 2.73. The van der Waals surface area contributed by atoms with E-state index in [-0.39, 0.29) is 24.6 Å². The van der Waals surface area contributed by atoms with Crippen molar-refractivity contribution in [3.8, 4) is 5.75 Å². The molecule has 3 N–H and O–H groups in total. The maximum absolute atomic E-state index is 12.3. The van der Waals surface area contributed by atoms with Crippen LogP contribution in [0.15, 0.2) is 24.3 Å². The molecule has 26 heavy (non-hydrogen) atoms. The Morgan fingerprint density at radius 1 is 1.19 bits per heavy atom. The Morgan fingerprint density at radius 2 is 1.96 bits per heavy atom.